The molecule has 0 aromatic rings. The average molecular weight is 185 g/mol. The van der Waals surface area contributed by atoms with Crippen LogP contribution in [0.25, 0.3) is 0 Å². The second-order valence-electron chi connectivity index (χ2n) is 4.00. The van der Waals surface area contributed by atoms with Gasteiger partial charge in [-0.1, -0.05) is 33.6 Å². The Labute approximate surface area is 84.5 Å². The summed E-state index contributed by atoms with van der Waals surface area (Å²) in [4.78, 5) is 2.65. The molecule has 0 spiro atoms. The number of nitrogens with zero attached hydrogens (tertiary/aromatic N) is 1. The Morgan fingerprint density at radius 1 is 0.923 bits per heavy atom. The van der Waals surface area contributed by atoms with Gasteiger partial charge in [0.25, 0.3) is 0 Å². The van der Waals surface area contributed by atoms with Crippen LogP contribution in [0.2, 0.25) is 0 Å². The number of unbranched alkanes of at least 4 members (excludes halogenated alkanes) is 2. The number of hydrogen-bond acceptors (Lipinski definition) is 1. The minimum atomic E-state index is 0.776. The van der Waals surface area contributed by atoms with Gasteiger partial charge in [-0.3, -0.25) is 0 Å². The van der Waals surface area contributed by atoms with Gasteiger partial charge in [-0.25, -0.2) is 0 Å². The number of hydrogen-bond donors (Lipinski definition) is 0. The predicted molar refractivity (Wildman–Crippen MR) is 61.1 cm³/mol. The SMILES string of the molecule is CCCCN(CCCC)[C@@H](C)CC. The van der Waals surface area contributed by atoms with Gasteiger partial charge in [-0.2, -0.15) is 0 Å². The van der Waals surface area contributed by atoms with Crippen molar-refractivity contribution >= 4 is 0 Å². The van der Waals surface area contributed by atoms with Gasteiger partial charge in [0.05, 0.1) is 0 Å². The Bertz CT molecular complexity index is 93.3. The predicted octanol–water partition coefficient (Wildman–Crippen LogP) is 3.69. The van der Waals surface area contributed by atoms with Crippen molar-refractivity contribution < 1.29 is 0 Å². The second-order valence-corrected chi connectivity index (χ2v) is 4.00. The monoisotopic (exact) mass is 185 g/mol. The van der Waals surface area contributed by atoms with E-state index < -0.39 is 0 Å². The van der Waals surface area contributed by atoms with E-state index >= 15 is 0 Å². The first-order valence-corrected chi connectivity index (χ1v) is 6.00. The normalized spacial score (nSPS) is 13.6. The summed E-state index contributed by atoms with van der Waals surface area (Å²) in [5, 5.41) is 0. The zero-order valence-corrected chi connectivity index (χ0v) is 9.97. The van der Waals surface area contributed by atoms with Crippen LogP contribution in [0.5, 0.6) is 0 Å². The zero-order chi connectivity index (χ0) is 10.1. The van der Waals surface area contributed by atoms with E-state index in [1.54, 1.807) is 0 Å². The van der Waals surface area contributed by atoms with E-state index in [4.69, 9.17) is 0 Å². The standard InChI is InChI=1S/C12H27N/c1-5-8-10-13(11-9-6-2)12(4)7-3/h12H,5-11H2,1-4H3/t12-/m0/s1. The average Bonchev–Trinajstić information content (AvgIpc) is 2.17. The molecule has 80 valence electrons. The summed E-state index contributed by atoms with van der Waals surface area (Å²) in [7, 11) is 0. The topological polar surface area (TPSA) is 3.24 Å². The molecule has 0 fully saturated rings. The fraction of sp³-hybridized carbons (Fsp3) is 1.00. The molecular weight excluding hydrogens is 158 g/mol. The van der Waals surface area contributed by atoms with Gasteiger partial charge < -0.3 is 4.90 Å². The third-order valence-corrected chi connectivity index (χ3v) is 2.81. The molecule has 0 N–H and O–H groups in total. The molecule has 0 aliphatic rings. The summed E-state index contributed by atoms with van der Waals surface area (Å²) in [6, 6.07) is 0.776. The van der Waals surface area contributed by atoms with Crippen molar-refractivity contribution in [1.29, 1.82) is 0 Å². The van der Waals surface area contributed by atoms with Crippen LogP contribution in [-0.2, 0) is 0 Å². The van der Waals surface area contributed by atoms with E-state index in [0.717, 1.165) is 6.04 Å². The van der Waals surface area contributed by atoms with Crippen LogP contribution in [0.1, 0.15) is 59.8 Å². The minimum absolute atomic E-state index is 0.776. The summed E-state index contributed by atoms with van der Waals surface area (Å²) in [6.45, 7) is 11.8. The minimum Gasteiger partial charge on any atom is -0.301 e. The molecule has 0 radical (unpaired) electrons. The summed E-state index contributed by atoms with van der Waals surface area (Å²) in [6.07, 6.45) is 6.63. The highest BCUT2D eigenvalue weighted by atomic mass is 15.1. The van der Waals surface area contributed by atoms with E-state index in [0.29, 0.717) is 0 Å². The van der Waals surface area contributed by atoms with Crippen LogP contribution < -0.4 is 0 Å². The van der Waals surface area contributed by atoms with Crippen molar-refractivity contribution in [3.8, 4) is 0 Å². The Morgan fingerprint density at radius 3 is 1.69 bits per heavy atom. The lowest BCUT2D eigenvalue weighted by molar-refractivity contribution is 0.198. The molecule has 0 saturated carbocycles. The van der Waals surface area contributed by atoms with Gasteiger partial charge in [0.2, 0.25) is 0 Å². The molecule has 0 heterocycles. The molecule has 0 amide bonds. The molecule has 13 heavy (non-hydrogen) atoms. The highest BCUT2D eigenvalue weighted by molar-refractivity contribution is 4.65. The van der Waals surface area contributed by atoms with Crippen LogP contribution >= 0.6 is 0 Å². The van der Waals surface area contributed by atoms with Crippen LogP contribution in [-0.4, -0.2) is 24.0 Å². The molecule has 0 bridgehead atoms. The molecule has 0 rings (SSSR count). The fourth-order valence-electron chi connectivity index (χ4n) is 1.53. The first kappa shape index (κ1) is 13.0. The van der Waals surface area contributed by atoms with Crippen molar-refractivity contribution in [2.45, 2.75) is 65.8 Å². The lowest BCUT2D eigenvalue weighted by atomic mass is 10.2. The largest absolute Gasteiger partial charge is 0.301 e. The van der Waals surface area contributed by atoms with Gasteiger partial charge >= 0.3 is 0 Å². The quantitative estimate of drug-likeness (QED) is 0.557. The molecular formula is C12H27N. The Morgan fingerprint density at radius 2 is 1.38 bits per heavy atom. The maximum Gasteiger partial charge on any atom is 0.00643 e. The molecule has 1 heteroatoms. The smallest absolute Gasteiger partial charge is 0.00643 e. The Hall–Kier alpha value is -0.0400. The van der Waals surface area contributed by atoms with Crippen LogP contribution in [0, 0.1) is 0 Å². The van der Waals surface area contributed by atoms with E-state index in [2.05, 4.69) is 32.6 Å². The van der Waals surface area contributed by atoms with Crippen LogP contribution in [0.4, 0.5) is 0 Å². The maximum absolute atomic E-state index is 2.65. The zero-order valence-electron chi connectivity index (χ0n) is 9.97. The first-order valence-electron chi connectivity index (χ1n) is 6.00. The lowest BCUT2D eigenvalue weighted by Crippen LogP contribution is -2.34. The molecule has 0 aromatic carbocycles. The fourth-order valence-corrected chi connectivity index (χ4v) is 1.53. The summed E-state index contributed by atoms with van der Waals surface area (Å²) < 4.78 is 0. The van der Waals surface area contributed by atoms with Gasteiger partial charge in [0.1, 0.15) is 0 Å². The first-order chi connectivity index (χ1) is 6.26. The van der Waals surface area contributed by atoms with Crippen LogP contribution in [0.3, 0.4) is 0 Å². The summed E-state index contributed by atoms with van der Waals surface area (Å²) in [5.74, 6) is 0. The van der Waals surface area contributed by atoms with E-state index in [1.807, 2.05) is 0 Å². The highest BCUT2D eigenvalue weighted by Gasteiger charge is 2.09. The molecule has 0 aliphatic heterocycles. The highest BCUT2D eigenvalue weighted by Crippen LogP contribution is 2.07. The van der Waals surface area contributed by atoms with Gasteiger partial charge in [0.15, 0.2) is 0 Å². The molecule has 1 atom stereocenters. The van der Waals surface area contributed by atoms with Crippen molar-refractivity contribution in [2.75, 3.05) is 13.1 Å². The summed E-state index contributed by atoms with van der Waals surface area (Å²) in [5.41, 5.74) is 0. The lowest BCUT2D eigenvalue weighted by Gasteiger charge is -2.28. The second kappa shape index (κ2) is 8.55. The van der Waals surface area contributed by atoms with Crippen LogP contribution in [0.15, 0.2) is 0 Å². The van der Waals surface area contributed by atoms with Crippen molar-refractivity contribution in [2.24, 2.45) is 0 Å². The Kier molecular flexibility index (Phi) is 8.53. The summed E-state index contributed by atoms with van der Waals surface area (Å²) >= 11 is 0. The van der Waals surface area contributed by atoms with Gasteiger partial charge in [-0.05, 0) is 39.3 Å². The van der Waals surface area contributed by atoms with Crippen molar-refractivity contribution in [3.05, 3.63) is 0 Å². The molecule has 0 aromatic heterocycles. The molecule has 0 aliphatic carbocycles. The molecule has 0 saturated heterocycles. The van der Waals surface area contributed by atoms with E-state index in [-0.39, 0.29) is 0 Å². The van der Waals surface area contributed by atoms with Crippen molar-refractivity contribution in [1.82, 2.24) is 4.90 Å². The van der Waals surface area contributed by atoms with Crippen molar-refractivity contribution in [3.63, 3.8) is 0 Å². The van der Waals surface area contributed by atoms with E-state index in [1.165, 1.54) is 45.2 Å². The van der Waals surface area contributed by atoms with Gasteiger partial charge in [0, 0.05) is 6.04 Å². The van der Waals surface area contributed by atoms with E-state index in [9.17, 15) is 0 Å². The number of rotatable bonds is 8. The molecule has 1 nitrogen and oxygen atoms in total. The molecule has 0 unspecified atom stereocenters. The third-order valence-electron chi connectivity index (χ3n) is 2.81. The Balaban J connectivity index is 3.72. The van der Waals surface area contributed by atoms with Gasteiger partial charge in [-0.15, -0.1) is 0 Å². The maximum atomic E-state index is 2.65. The third kappa shape index (κ3) is 6.09.